The van der Waals surface area contributed by atoms with E-state index in [1.807, 2.05) is 0 Å². The highest BCUT2D eigenvalue weighted by Gasteiger charge is 2.64. The number of carbonyl (C=O) groups excluding carboxylic acids is 2. The summed E-state index contributed by atoms with van der Waals surface area (Å²) in [5.41, 5.74) is -0.411. The molecule has 3 saturated carbocycles. The lowest BCUT2D eigenvalue weighted by Gasteiger charge is -2.54. The van der Waals surface area contributed by atoms with Gasteiger partial charge in [0.05, 0.1) is 23.3 Å². The number of nitrogens with one attached hydrogen (secondary N) is 1. The van der Waals surface area contributed by atoms with Gasteiger partial charge in [0, 0.05) is 0 Å². The molecule has 1 N–H and O–H groups in total. The fourth-order valence-electron chi connectivity index (χ4n) is 4.62. The van der Waals surface area contributed by atoms with E-state index in [1.54, 1.807) is 0 Å². The second kappa shape index (κ2) is 3.57. The van der Waals surface area contributed by atoms with Crippen molar-refractivity contribution in [2.75, 3.05) is 0 Å². The summed E-state index contributed by atoms with van der Waals surface area (Å²) in [4.78, 5) is 23.9. The lowest BCUT2D eigenvalue weighted by atomic mass is 9.46. The molecule has 4 nitrogen and oxygen atoms in total. The molecule has 0 radical (unpaired) electrons. The standard InChI is InChI=1S/C14H18N2O2/c1-7(2)14(6-15)5-8-3-4-9(14)11-10(8)12(17)16-13(11)18/h7-11H,3-5H2,1-2H3,(H,16,17,18). The van der Waals surface area contributed by atoms with Crippen molar-refractivity contribution in [2.45, 2.75) is 33.1 Å². The Balaban J connectivity index is 2.06. The number of rotatable bonds is 1. The monoisotopic (exact) mass is 246 g/mol. The highest BCUT2D eigenvalue weighted by molar-refractivity contribution is 6.05. The van der Waals surface area contributed by atoms with Gasteiger partial charge in [-0.2, -0.15) is 5.26 Å². The van der Waals surface area contributed by atoms with Crippen LogP contribution in [0.15, 0.2) is 0 Å². The normalized spacial score (nSPS) is 45.9. The number of amides is 2. The Morgan fingerprint density at radius 1 is 1.28 bits per heavy atom. The molecule has 2 bridgehead atoms. The second-order valence-electron chi connectivity index (χ2n) is 6.36. The van der Waals surface area contributed by atoms with Gasteiger partial charge in [0.2, 0.25) is 11.8 Å². The van der Waals surface area contributed by atoms with E-state index in [1.165, 1.54) is 0 Å². The lowest BCUT2D eigenvalue weighted by Crippen LogP contribution is -2.54. The number of nitriles is 1. The zero-order valence-corrected chi connectivity index (χ0v) is 10.8. The van der Waals surface area contributed by atoms with E-state index in [-0.39, 0.29) is 41.4 Å². The second-order valence-corrected chi connectivity index (χ2v) is 6.36. The number of carbonyl (C=O) groups is 2. The van der Waals surface area contributed by atoms with Gasteiger partial charge < -0.3 is 0 Å². The third kappa shape index (κ3) is 1.20. The predicted octanol–water partition coefficient (Wildman–Crippen LogP) is 1.47. The molecule has 1 saturated heterocycles. The van der Waals surface area contributed by atoms with Crippen LogP contribution in [0.3, 0.4) is 0 Å². The zero-order chi connectivity index (χ0) is 13.1. The van der Waals surface area contributed by atoms with Crippen LogP contribution in [0.1, 0.15) is 33.1 Å². The van der Waals surface area contributed by atoms with Crippen LogP contribution >= 0.6 is 0 Å². The van der Waals surface area contributed by atoms with Crippen molar-refractivity contribution in [2.24, 2.45) is 35.0 Å². The molecule has 18 heavy (non-hydrogen) atoms. The van der Waals surface area contributed by atoms with E-state index in [0.29, 0.717) is 0 Å². The highest BCUT2D eigenvalue weighted by atomic mass is 16.2. The van der Waals surface area contributed by atoms with Gasteiger partial charge in [-0.3, -0.25) is 14.9 Å². The molecule has 5 atom stereocenters. The van der Waals surface area contributed by atoms with Crippen molar-refractivity contribution in [1.29, 1.82) is 5.26 Å². The van der Waals surface area contributed by atoms with Crippen molar-refractivity contribution in [1.82, 2.24) is 5.32 Å². The topological polar surface area (TPSA) is 70.0 Å². The van der Waals surface area contributed by atoms with Crippen LogP contribution in [-0.4, -0.2) is 11.8 Å². The number of hydrogen-bond acceptors (Lipinski definition) is 3. The summed E-state index contributed by atoms with van der Waals surface area (Å²) in [6.07, 6.45) is 2.69. The minimum Gasteiger partial charge on any atom is -0.296 e. The predicted molar refractivity (Wildman–Crippen MR) is 63.8 cm³/mol. The van der Waals surface area contributed by atoms with Crippen molar-refractivity contribution in [3.8, 4) is 6.07 Å². The highest BCUT2D eigenvalue weighted by Crippen LogP contribution is 2.61. The minimum absolute atomic E-state index is 0.0592. The van der Waals surface area contributed by atoms with Gasteiger partial charge in [0.25, 0.3) is 0 Å². The van der Waals surface area contributed by atoms with Crippen molar-refractivity contribution >= 4 is 11.8 Å². The average Bonchev–Trinajstić information content (AvgIpc) is 2.67. The summed E-state index contributed by atoms with van der Waals surface area (Å²) >= 11 is 0. The van der Waals surface area contributed by atoms with Crippen LogP contribution < -0.4 is 5.32 Å². The van der Waals surface area contributed by atoms with Crippen molar-refractivity contribution in [3.63, 3.8) is 0 Å². The Bertz CT molecular complexity index is 465. The first-order valence-corrected chi connectivity index (χ1v) is 6.77. The van der Waals surface area contributed by atoms with Gasteiger partial charge in [-0.25, -0.2) is 0 Å². The molecule has 0 aromatic rings. The summed E-state index contributed by atoms with van der Waals surface area (Å²) in [6, 6.07) is 2.51. The van der Waals surface area contributed by atoms with E-state index in [4.69, 9.17) is 0 Å². The molecule has 0 spiro atoms. The number of hydrogen-bond donors (Lipinski definition) is 1. The van der Waals surface area contributed by atoms with Crippen LogP contribution in [0, 0.1) is 46.3 Å². The molecule has 4 rings (SSSR count). The Morgan fingerprint density at radius 2 is 1.94 bits per heavy atom. The van der Waals surface area contributed by atoms with Gasteiger partial charge in [-0.1, -0.05) is 13.8 Å². The summed E-state index contributed by atoms with van der Waals surface area (Å²) in [6.45, 7) is 4.13. The van der Waals surface area contributed by atoms with E-state index >= 15 is 0 Å². The maximum Gasteiger partial charge on any atom is 0.230 e. The summed E-state index contributed by atoms with van der Waals surface area (Å²) in [7, 11) is 0. The van der Waals surface area contributed by atoms with Gasteiger partial charge in [0.1, 0.15) is 0 Å². The molecule has 4 fully saturated rings. The fraction of sp³-hybridized carbons (Fsp3) is 0.786. The maximum absolute atomic E-state index is 12.0. The number of fused-ring (bicyclic) bond motifs is 2. The van der Waals surface area contributed by atoms with Gasteiger partial charge in [-0.05, 0) is 37.0 Å². The summed E-state index contributed by atoms with van der Waals surface area (Å²) in [5.74, 6) is -0.129. The zero-order valence-electron chi connectivity index (χ0n) is 10.8. The first kappa shape index (κ1) is 11.7. The van der Waals surface area contributed by atoms with Gasteiger partial charge >= 0.3 is 0 Å². The minimum atomic E-state index is -0.411. The Hall–Kier alpha value is -1.37. The molecule has 1 heterocycles. The number of imide groups is 1. The molecule has 5 unspecified atom stereocenters. The SMILES string of the molecule is CC(C)C1(C#N)CC2CCC1C1C(=O)NC(=O)C21. The van der Waals surface area contributed by atoms with Crippen LogP contribution in [0.4, 0.5) is 0 Å². The molecular weight excluding hydrogens is 228 g/mol. The van der Waals surface area contributed by atoms with E-state index in [2.05, 4.69) is 25.2 Å². The molecule has 4 aliphatic rings. The van der Waals surface area contributed by atoms with Crippen LogP contribution in [-0.2, 0) is 9.59 Å². The van der Waals surface area contributed by atoms with Crippen LogP contribution in [0.5, 0.6) is 0 Å². The fourth-order valence-corrected chi connectivity index (χ4v) is 4.62. The molecular formula is C14H18N2O2. The Kier molecular flexibility index (Phi) is 2.32. The first-order chi connectivity index (χ1) is 8.51. The molecule has 2 amide bonds. The molecule has 96 valence electrons. The maximum atomic E-state index is 12.0. The lowest BCUT2D eigenvalue weighted by molar-refractivity contribution is -0.139. The van der Waals surface area contributed by atoms with E-state index in [9.17, 15) is 14.9 Å². The van der Waals surface area contributed by atoms with E-state index < -0.39 is 5.41 Å². The van der Waals surface area contributed by atoms with E-state index in [0.717, 1.165) is 19.3 Å². The molecule has 0 aromatic heterocycles. The van der Waals surface area contributed by atoms with Crippen molar-refractivity contribution < 1.29 is 9.59 Å². The van der Waals surface area contributed by atoms with Gasteiger partial charge in [-0.15, -0.1) is 0 Å². The molecule has 4 heteroatoms. The Morgan fingerprint density at radius 3 is 2.56 bits per heavy atom. The molecule has 0 aromatic carbocycles. The molecule has 3 aliphatic carbocycles. The molecule has 1 aliphatic heterocycles. The Labute approximate surface area is 107 Å². The smallest absolute Gasteiger partial charge is 0.230 e. The average molecular weight is 246 g/mol. The van der Waals surface area contributed by atoms with Crippen molar-refractivity contribution in [3.05, 3.63) is 0 Å². The summed E-state index contributed by atoms with van der Waals surface area (Å²) < 4.78 is 0. The quantitative estimate of drug-likeness (QED) is 0.712. The summed E-state index contributed by atoms with van der Waals surface area (Å²) in [5, 5.41) is 12.1. The van der Waals surface area contributed by atoms with Crippen LogP contribution in [0.25, 0.3) is 0 Å². The first-order valence-electron chi connectivity index (χ1n) is 6.77. The largest absolute Gasteiger partial charge is 0.296 e. The van der Waals surface area contributed by atoms with Gasteiger partial charge in [0.15, 0.2) is 0 Å². The van der Waals surface area contributed by atoms with Crippen LogP contribution in [0.2, 0.25) is 0 Å². The third-order valence-corrected chi connectivity index (χ3v) is 5.53. The number of nitrogens with zero attached hydrogens (tertiary/aromatic N) is 1. The third-order valence-electron chi connectivity index (χ3n) is 5.53.